The minimum Gasteiger partial charge on any atom is -0.289 e. The molecule has 0 heterocycles. The Morgan fingerprint density at radius 3 is 2.22 bits per heavy atom. The lowest BCUT2D eigenvalue weighted by molar-refractivity contribution is 0.103. The predicted octanol–water partition coefficient (Wildman–Crippen LogP) is 4.95. The van der Waals surface area contributed by atoms with Crippen molar-refractivity contribution in [3.63, 3.8) is 0 Å². The van der Waals surface area contributed by atoms with Crippen LogP contribution in [0.4, 0.5) is 0 Å². The summed E-state index contributed by atoms with van der Waals surface area (Å²) in [6, 6.07) is 11.0. The summed E-state index contributed by atoms with van der Waals surface area (Å²) in [7, 11) is 0. The zero-order chi connectivity index (χ0) is 13.3. The Kier molecular flexibility index (Phi) is 3.88. The van der Waals surface area contributed by atoms with Crippen molar-refractivity contribution in [2.24, 2.45) is 0 Å². The fourth-order valence-electron chi connectivity index (χ4n) is 1.69. The van der Waals surface area contributed by atoms with Crippen molar-refractivity contribution in [1.82, 2.24) is 0 Å². The molecule has 2 rings (SSSR count). The van der Waals surface area contributed by atoms with Gasteiger partial charge in [0.1, 0.15) is 0 Å². The van der Waals surface area contributed by atoms with Gasteiger partial charge in [-0.3, -0.25) is 4.79 Å². The molecule has 92 valence electrons. The van der Waals surface area contributed by atoms with Gasteiger partial charge in [-0.25, -0.2) is 0 Å². The van der Waals surface area contributed by atoms with E-state index in [1.165, 1.54) is 0 Å². The third-order valence-electron chi connectivity index (χ3n) is 2.85. The van der Waals surface area contributed by atoms with Gasteiger partial charge in [0.15, 0.2) is 5.78 Å². The first kappa shape index (κ1) is 13.3. The Balaban J connectivity index is 2.41. The molecule has 2 aromatic carbocycles. The van der Waals surface area contributed by atoms with E-state index in [9.17, 15) is 4.79 Å². The average molecular weight is 324 g/mol. The van der Waals surface area contributed by atoms with Crippen molar-refractivity contribution < 1.29 is 4.79 Å². The molecular weight excluding hydrogens is 312 g/mol. The number of aryl methyl sites for hydroxylation is 2. The van der Waals surface area contributed by atoms with Gasteiger partial charge in [-0.2, -0.15) is 0 Å². The summed E-state index contributed by atoms with van der Waals surface area (Å²) in [4.78, 5) is 12.3. The SMILES string of the molecule is Cc1ccc(C(=O)c2ccc(Br)c(C)c2)cc1Cl. The van der Waals surface area contributed by atoms with Crippen LogP contribution in [0.15, 0.2) is 40.9 Å². The average Bonchev–Trinajstić information content (AvgIpc) is 2.35. The summed E-state index contributed by atoms with van der Waals surface area (Å²) < 4.78 is 1.00. The third kappa shape index (κ3) is 2.65. The van der Waals surface area contributed by atoms with E-state index >= 15 is 0 Å². The van der Waals surface area contributed by atoms with Crippen molar-refractivity contribution in [2.75, 3.05) is 0 Å². The molecule has 0 radical (unpaired) electrons. The number of ketones is 1. The number of rotatable bonds is 2. The van der Waals surface area contributed by atoms with Crippen LogP contribution < -0.4 is 0 Å². The van der Waals surface area contributed by atoms with E-state index < -0.39 is 0 Å². The lowest BCUT2D eigenvalue weighted by atomic mass is 10.0. The minimum absolute atomic E-state index is 0.00694. The highest BCUT2D eigenvalue weighted by Crippen LogP contribution is 2.22. The van der Waals surface area contributed by atoms with Gasteiger partial charge in [-0.1, -0.05) is 39.7 Å². The van der Waals surface area contributed by atoms with E-state index in [0.29, 0.717) is 16.1 Å². The zero-order valence-electron chi connectivity index (χ0n) is 10.1. The van der Waals surface area contributed by atoms with Crippen LogP contribution in [0.3, 0.4) is 0 Å². The van der Waals surface area contributed by atoms with E-state index in [1.54, 1.807) is 12.1 Å². The van der Waals surface area contributed by atoms with Crippen molar-refractivity contribution in [3.8, 4) is 0 Å². The molecule has 0 spiro atoms. The van der Waals surface area contributed by atoms with Crippen LogP contribution >= 0.6 is 27.5 Å². The maximum Gasteiger partial charge on any atom is 0.193 e. The Labute approximate surface area is 120 Å². The number of hydrogen-bond donors (Lipinski definition) is 0. The van der Waals surface area contributed by atoms with Gasteiger partial charge in [-0.05, 0) is 49.2 Å². The van der Waals surface area contributed by atoms with Crippen LogP contribution in [-0.2, 0) is 0 Å². The van der Waals surface area contributed by atoms with Gasteiger partial charge in [0.25, 0.3) is 0 Å². The van der Waals surface area contributed by atoms with Crippen molar-refractivity contribution in [3.05, 3.63) is 68.1 Å². The molecule has 0 aliphatic carbocycles. The van der Waals surface area contributed by atoms with Crippen LogP contribution in [-0.4, -0.2) is 5.78 Å². The van der Waals surface area contributed by atoms with Crippen molar-refractivity contribution in [1.29, 1.82) is 0 Å². The number of carbonyl (C=O) groups excluding carboxylic acids is 1. The van der Waals surface area contributed by atoms with E-state index in [2.05, 4.69) is 15.9 Å². The van der Waals surface area contributed by atoms with Crippen LogP contribution in [0.5, 0.6) is 0 Å². The molecule has 3 heteroatoms. The van der Waals surface area contributed by atoms with Crippen molar-refractivity contribution >= 4 is 33.3 Å². The van der Waals surface area contributed by atoms with E-state index in [1.807, 2.05) is 38.1 Å². The van der Waals surface area contributed by atoms with Crippen LogP contribution in [0.25, 0.3) is 0 Å². The molecule has 0 amide bonds. The summed E-state index contributed by atoms with van der Waals surface area (Å²) in [6.45, 7) is 3.88. The molecular formula is C15H12BrClO. The van der Waals surface area contributed by atoms with Crippen LogP contribution in [0.2, 0.25) is 5.02 Å². The fourth-order valence-corrected chi connectivity index (χ4v) is 2.11. The molecule has 0 aromatic heterocycles. The fraction of sp³-hybridized carbons (Fsp3) is 0.133. The minimum atomic E-state index is -0.00694. The molecule has 2 aromatic rings. The molecule has 0 saturated heterocycles. The molecule has 18 heavy (non-hydrogen) atoms. The van der Waals surface area contributed by atoms with E-state index in [-0.39, 0.29) is 5.78 Å². The third-order valence-corrected chi connectivity index (χ3v) is 4.15. The highest BCUT2D eigenvalue weighted by atomic mass is 79.9. The lowest BCUT2D eigenvalue weighted by Crippen LogP contribution is -2.02. The monoisotopic (exact) mass is 322 g/mol. The molecule has 0 bridgehead atoms. The maximum absolute atomic E-state index is 12.3. The summed E-state index contributed by atoms with van der Waals surface area (Å²) in [5.74, 6) is -0.00694. The maximum atomic E-state index is 12.3. The highest BCUT2D eigenvalue weighted by Gasteiger charge is 2.11. The van der Waals surface area contributed by atoms with Gasteiger partial charge in [0, 0.05) is 20.6 Å². The molecule has 1 nitrogen and oxygen atoms in total. The second-order valence-electron chi connectivity index (χ2n) is 4.26. The van der Waals surface area contributed by atoms with Crippen LogP contribution in [0.1, 0.15) is 27.0 Å². The predicted molar refractivity (Wildman–Crippen MR) is 78.5 cm³/mol. The molecule has 0 saturated carbocycles. The molecule has 0 unspecified atom stereocenters. The van der Waals surface area contributed by atoms with Gasteiger partial charge in [0.05, 0.1) is 0 Å². The number of benzene rings is 2. The number of carbonyl (C=O) groups is 1. The van der Waals surface area contributed by atoms with Gasteiger partial charge in [-0.15, -0.1) is 0 Å². The molecule has 0 aliphatic heterocycles. The molecule has 0 aliphatic rings. The first-order valence-corrected chi connectivity index (χ1v) is 6.73. The molecule has 0 N–H and O–H groups in total. The van der Waals surface area contributed by atoms with E-state index in [0.717, 1.165) is 15.6 Å². The quantitative estimate of drug-likeness (QED) is 0.715. The Bertz CT molecular complexity index is 566. The number of hydrogen-bond acceptors (Lipinski definition) is 1. The Morgan fingerprint density at radius 1 is 1.00 bits per heavy atom. The summed E-state index contributed by atoms with van der Waals surface area (Å²) in [5, 5.41) is 0.620. The van der Waals surface area contributed by atoms with Crippen molar-refractivity contribution in [2.45, 2.75) is 13.8 Å². The first-order valence-electron chi connectivity index (χ1n) is 5.56. The van der Waals surface area contributed by atoms with Crippen LogP contribution in [0, 0.1) is 13.8 Å². The van der Waals surface area contributed by atoms with Gasteiger partial charge >= 0.3 is 0 Å². The normalized spacial score (nSPS) is 10.4. The molecule has 0 fully saturated rings. The lowest BCUT2D eigenvalue weighted by Gasteiger charge is -2.05. The Hall–Kier alpha value is -1.12. The molecule has 0 atom stereocenters. The standard InChI is InChI=1S/C15H12BrClO/c1-9-3-4-12(8-14(9)17)15(18)11-5-6-13(16)10(2)7-11/h3-8H,1-2H3. The first-order chi connectivity index (χ1) is 8.49. The van der Waals surface area contributed by atoms with E-state index in [4.69, 9.17) is 11.6 Å². The second kappa shape index (κ2) is 5.25. The zero-order valence-corrected chi connectivity index (χ0v) is 12.5. The Morgan fingerprint density at radius 2 is 1.61 bits per heavy atom. The topological polar surface area (TPSA) is 17.1 Å². The summed E-state index contributed by atoms with van der Waals surface area (Å²) in [6.07, 6.45) is 0. The van der Waals surface area contributed by atoms with Gasteiger partial charge in [0.2, 0.25) is 0 Å². The largest absolute Gasteiger partial charge is 0.289 e. The number of halogens is 2. The smallest absolute Gasteiger partial charge is 0.193 e. The summed E-state index contributed by atoms with van der Waals surface area (Å²) >= 11 is 9.47. The second-order valence-corrected chi connectivity index (χ2v) is 5.52. The summed E-state index contributed by atoms with van der Waals surface area (Å²) in [5.41, 5.74) is 3.31. The van der Waals surface area contributed by atoms with Gasteiger partial charge < -0.3 is 0 Å². The highest BCUT2D eigenvalue weighted by molar-refractivity contribution is 9.10.